The number of thioether (sulfide) groups is 2. The van der Waals surface area contributed by atoms with E-state index in [9.17, 15) is 4.79 Å². The smallest absolute Gasteiger partial charge is 0.246 e. The minimum absolute atomic E-state index is 0.180. The Morgan fingerprint density at radius 1 is 1.23 bits per heavy atom. The van der Waals surface area contributed by atoms with E-state index < -0.39 is 0 Å². The maximum absolute atomic E-state index is 12.9. The first kappa shape index (κ1) is 17.7. The van der Waals surface area contributed by atoms with Gasteiger partial charge in [-0.15, -0.1) is 23.5 Å². The Morgan fingerprint density at radius 2 is 1.77 bits per heavy atom. The van der Waals surface area contributed by atoms with Gasteiger partial charge in [0.25, 0.3) is 0 Å². The van der Waals surface area contributed by atoms with E-state index >= 15 is 0 Å². The van der Waals surface area contributed by atoms with Gasteiger partial charge in [0.15, 0.2) is 0 Å². The van der Waals surface area contributed by atoms with Crippen LogP contribution in [0.15, 0.2) is 24.3 Å². The molecule has 1 aliphatic heterocycles. The van der Waals surface area contributed by atoms with Crippen molar-refractivity contribution < 1.29 is 4.79 Å². The SMILES string of the molecule is Cc1ccc(C(C)CC2(C(=O)NC(C)(C)C)SCCS2)cc1. The minimum atomic E-state index is -0.336. The summed E-state index contributed by atoms with van der Waals surface area (Å²) in [7, 11) is 0. The fourth-order valence-corrected chi connectivity index (χ4v) is 5.91. The van der Waals surface area contributed by atoms with Crippen molar-refractivity contribution in [2.75, 3.05) is 11.5 Å². The highest BCUT2D eigenvalue weighted by Gasteiger charge is 2.45. The van der Waals surface area contributed by atoms with Crippen LogP contribution in [0.1, 0.15) is 51.2 Å². The van der Waals surface area contributed by atoms with E-state index in [0.717, 1.165) is 17.9 Å². The first-order chi connectivity index (χ1) is 10.2. The van der Waals surface area contributed by atoms with Gasteiger partial charge in [-0.3, -0.25) is 4.79 Å². The van der Waals surface area contributed by atoms with E-state index in [4.69, 9.17) is 0 Å². The second-order valence-corrected chi connectivity index (χ2v) is 10.2. The first-order valence-corrected chi connectivity index (χ1v) is 9.86. The van der Waals surface area contributed by atoms with Crippen LogP contribution >= 0.6 is 23.5 Å². The summed E-state index contributed by atoms with van der Waals surface area (Å²) in [6.45, 7) is 10.5. The van der Waals surface area contributed by atoms with Gasteiger partial charge in [0.05, 0.1) is 0 Å². The summed E-state index contributed by atoms with van der Waals surface area (Å²) in [4.78, 5) is 12.9. The van der Waals surface area contributed by atoms with Crippen LogP contribution in [0.25, 0.3) is 0 Å². The number of amides is 1. The molecule has 0 radical (unpaired) electrons. The number of carbonyl (C=O) groups excluding carboxylic acids is 1. The highest BCUT2D eigenvalue weighted by atomic mass is 32.2. The van der Waals surface area contributed by atoms with Crippen LogP contribution in [0, 0.1) is 6.92 Å². The maximum Gasteiger partial charge on any atom is 0.246 e. The summed E-state index contributed by atoms with van der Waals surface area (Å²) in [5, 5.41) is 3.19. The Kier molecular flexibility index (Phi) is 5.54. The number of aryl methyl sites for hydroxylation is 1. The average Bonchev–Trinajstić information content (AvgIpc) is 2.87. The molecule has 2 nitrogen and oxygen atoms in total. The van der Waals surface area contributed by atoms with Gasteiger partial charge in [-0.2, -0.15) is 0 Å². The Balaban J connectivity index is 2.14. The lowest BCUT2D eigenvalue weighted by molar-refractivity contribution is -0.122. The molecule has 1 atom stereocenters. The van der Waals surface area contributed by atoms with Crippen molar-refractivity contribution in [1.29, 1.82) is 0 Å². The Morgan fingerprint density at radius 3 is 2.27 bits per heavy atom. The molecule has 1 aromatic rings. The molecule has 122 valence electrons. The summed E-state index contributed by atoms with van der Waals surface area (Å²) in [5.41, 5.74) is 2.42. The average molecular weight is 338 g/mol. The van der Waals surface area contributed by atoms with Crippen molar-refractivity contribution >= 4 is 29.4 Å². The summed E-state index contributed by atoms with van der Waals surface area (Å²) >= 11 is 3.63. The van der Waals surface area contributed by atoms with Gasteiger partial charge in [-0.1, -0.05) is 36.8 Å². The summed E-state index contributed by atoms with van der Waals surface area (Å²) in [6.07, 6.45) is 0.882. The van der Waals surface area contributed by atoms with Crippen molar-refractivity contribution in [1.82, 2.24) is 5.32 Å². The van der Waals surface area contributed by atoms with Crippen molar-refractivity contribution in [2.24, 2.45) is 0 Å². The molecule has 0 aliphatic carbocycles. The lowest BCUT2D eigenvalue weighted by Crippen LogP contribution is -2.49. The topological polar surface area (TPSA) is 29.1 Å². The molecule has 1 fully saturated rings. The van der Waals surface area contributed by atoms with E-state index in [-0.39, 0.29) is 15.5 Å². The number of nitrogens with one attached hydrogen (secondary N) is 1. The van der Waals surface area contributed by atoms with E-state index in [1.54, 1.807) is 0 Å². The third-order valence-electron chi connectivity index (χ3n) is 3.81. The van der Waals surface area contributed by atoms with Crippen LogP contribution in [0.4, 0.5) is 0 Å². The molecule has 1 saturated heterocycles. The molecule has 1 aliphatic rings. The number of benzene rings is 1. The van der Waals surface area contributed by atoms with Gasteiger partial charge in [0, 0.05) is 17.0 Å². The van der Waals surface area contributed by atoms with Crippen molar-refractivity contribution in [2.45, 2.75) is 56.6 Å². The molecule has 1 heterocycles. The molecular weight excluding hydrogens is 310 g/mol. The van der Waals surface area contributed by atoms with E-state index in [2.05, 4.69) is 43.4 Å². The Hall–Kier alpha value is -0.610. The normalized spacial score (nSPS) is 19.0. The standard InChI is InChI=1S/C18H27NOS2/c1-13-6-8-15(9-7-13)14(2)12-18(21-10-11-22-18)16(20)19-17(3,4)5/h6-9,14H,10-12H2,1-5H3,(H,19,20). The molecule has 2 rings (SSSR count). The molecule has 4 heteroatoms. The zero-order chi connectivity index (χ0) is 16.4. The molecule has 1 amide bonds. The van der Waals surface area contributed by atoms with Crippen LogP contribution in [-0.2, 0) is 4.79 Å². The fraction of sp³-hybridized carbons (Fsp3) is 0.611. The third kappa shape index (κ3) is 4.45. The van der Waals surface area contributed by atoms with Crippen molar-refractivity contribution in [3.8, 4) is 0 Å². The number of hydrogen-bond donors (Lipinski definition) is 1. The van der Waals surface area contributed by atoms with Gasteiger partial charge < -0.3 is 5.32 Å². The van der Waals surface area contributed by atoms with Crippen molar-refractivity contribution in [3.05, 3.63) is 35.4 Å². The quantitative estimate of drug-likeness (QED) is 0.872. The van der Waals surface area contributed by atoms with Gasteiger partial charge in [0.2, 0.25) is 5.91 Å². The Labute approximate surface area is 143 Å². The third-order valence-corrected chi connectivity index (χ3v) is 7.23. The van der Waals surface area contributed by atoms with Crippen molar-refractivity contribution in [3.63, 3.8) is 0 Å². The summed E-state index contributed by atoms with van der Waals surface area (Å²) < 4.78 is -0.336. The summed E-state index contributed by atoms with van der Waals surface area (Å²) in [6, 6.07) is 8.70. The monoisotopic (exact) mass is 337 g/mol. The number of carbonyl (C=O) groups is 1. The van der Waals surface area contributed by atoms with Crippen LogP contribution in [0.2, 0.25) is 0 Å². The Bertz CT molecular complexity index is 513. The van der Waals surface area contributed by atoms with Gasteiger partial charge in [-0.25, -0.2) is 0 Å². The van der Waals surface area contributed by atoms with E-state index in [0.29, 0.717) is 5.92 Å². The van der Waals surface area contributed by atoms with E-state index in [1.165, 1.54) is 11.1 Å². The molecule has 1 unspecified atom stereocenters. The molecule has 0 saturated carbocycles. The van der Waals surface area contributed by atoms with E-state index in [1.807, 2.05) is 44.3 Å². The lowest BCUT2D eigenvalue weighted by Gasteiger charge is -2.32. The minimum Gasteiger partial charge on any atom is -0.350 e. The zero-order valence-corrected chi connectivity index (χ0v) is 15.9. The fourth-order valence-electron chi connectivity index (χ4n) is 2.65. The molecular formula is C18H27NOS2. The molecule has 0 spiro atoms. The van der Waals surface area contributed by atoms with Gasteiger partial charge >= 0.3 is 0 Å². The second-order valence-electron chi connectivity index (χ2n) is 7.17. The maximum atomic E-state index is 12.9. The van der Waals surface area contributed by atoms with Crippen LogP contribution in [0.5, 0.6) is 0 Å². The zero-order valence-electron chi connectivity index (χ0n) is 14.2. The molecule has 22 heavy (non-hydrogen) atoms. The van der Waals surface area contributed by atoms with Crippen LogP contribution in [-0.4, -0.2) is 27.0 Å². The molecule has 1 N–H and O–H groups in total. The highest BCUT2D eigenvalue weighted by molar-refractivity contribution is 8.22. The van der Waals surface area contributed by atoms with Crippen LogP contribution < -0.4 is 5.32 Å². The highest BCUT2D eigenvalue weighted by Crippen LogP contribution is 2.49. The molecule has 1 aromatic carbocycles. The predicted octanol–water partition coefficient (Wildman–Crippen LogP) is 4.58. The second kappa shape index (κ2) is 6.88. The predicted molar refractivity (Wildman–Crippen MR) is 99.8 cm³/mol. The van der Waals surface area contributed by atoms with Gasteiger partial charge in [-0.05, 0) is 45.6 Å². The molecule has 0 bridgehead atoms. The number of rotatable bonds is 4. The number of hydrogen-bond acceptors (Lipinski definition) is 3. The van der Waals surface area contributed by atoms with Crippen LogP contribution in [0.3, 0.4) is 0 Å². The largest absolute Gasteiger partial charge is 0.350 e. The molecule has 0 aromatic heterocycles. The first-order valence-electron chi connectivity index (χ1n) is 7.89. The summed E-state index contributed by atoms with van der Waals surface area (Å²) in [5.74, 6) is 2.68. The lowest BCUT2D eigenvalue weighted by atomic mass is 9.94. The van der Waals surface area contributed by atoms with Gasteiger partial charge in [0.1, 0.15) is 4.08 Å².